The van der Waals surface area contributed by atoms with E-state index in [2.05, 4.69) is 66.7 Å². The van der Waals surface area contributed by atoms with Gasteiger partial charge in [0.15, 0.2) is 0 Å². The van der Waals surface area contributed by atoms with E-state index >= 15 is 0 Å². The summed E-state index contributed by atoms with van der Waals surface area (Å²) in [6, 6.07) is 29.0. The second-order valence-corrected chi connectivity index (χ2v) is 7.52. The summed E-state index contributed by atoms with van der Waals surface area (Å²) >= 11 is 0. The van der Waals surface area contributed by atoms with Crippen LogP contribution < -0.4 is 4.74 Å². The van der Waals surface area contributed by atoms with E-state index in [0.29, 0.717) is 13.0 Å². The van der Waals surface area contributed by atoms with Crippen molar-refractivity contribution in [2.45, 2.75) is 24.7 Å². The molecule has 3 heteroatoms. The molecule has 0 heterocycles. The highest BCUT2D eigenvalue weighted by Gasteiger charge is 2.47. The maximum atomic E-state index is 12.8. The largest absolute Gasteiger partial charge is 0.497 e. The van der Waals surface area contributed by atoms with Gasteiger partial charge in [0, 0.05) is 16.9 Å². The highest BCUT2D eigenvalue weighted by Crippen LogP contribution is 2.54. The number of methoxy groups -OCH3 is 1. The van der Waals surface area contributed by atoms with Crippen molar-refractivity contribution >= 4 is 5.97 Å². The second-order valence-electron chi connectivity index (χ2n) is 7.52. The van der Waals surface area contributed by atoms with Crippen LogP contribution in [0.4, 0.5) is 0 Å². The molecule has 0 N–H and O–H groups in total. The van der Waals surface area contributed by atoms with Crippen molar-refractivity contribution in [3.05, 3.63) is 113 Å². The van der Waals surface area contributed by atoms with Crippen LogP contribution in [0.3, 0.4) is 0 Å². The summed E-state index contributed by atoms with van der Waals surface area (Å²) < 4.78 is 10.7. The van der Waals surface area contributed by atoms with Gasteiger partial charge in [-0.3, -0.25) is 0 Å². The summed E-state index contributed by atoms with van der Waals surface area (Å²) in [5.41, 5.74) is 3.76. The number of ether oxygens (including phenoxy) is 2. The van der Waals surface area contributed by atoms with E-state index < -0.39 is 5.41 Å². The SMILES string of the molecule is CCOC(=O)C1=CC(c2ccccc2)(c2ccccc2)[C@@H](c2ccc(OC)cc2)C1. The Hall–Kier alpha value is -3.33. The first-order valence-corrected chi connectivity index (χ1v) is 10.3. The number of carbonyl (C=O) groups excluding carboxylic acids is 1. The lowest BCUT2D eigenvalue weighted by Gasteiger charge is -2.36. The fraction of sp³-hybridized carbons (Fsp3) is 0.222. The summed E-state index contributed by atoms with van der Waals surface area (Å²) in [6.45, 7) is 2.21. The Bertz CT molecular complexity index is 981. The van der Waals surface area contributed by atoms with Crippen molar-refractivity contribution < 1.29 is 14.3 Å². The molecule has 0 spiro atoms. The van der Waals surface area contributed by atoms with Crippen molar-refractivity contribution in [2.75, 3.05) is 13.7 Å². The van der Waals surface area contributed by atoms with E-state index in [-0.39, 0.29) is 11.9 Å². The van der Waals surface area contributed by atoms with E-state index in [1.165, 1.54) is 5.56 Å². The van der Waals surface area contributed by atoms with E-state index in [0.717, 1.165) is 22.4 Å². The third kappa shape index (κ3) is 3.52. The van der Waals surface area contributed by atoms with Gasteiger partial charge in [-0.2, -0.15) is 0 Å². The van der Waals surface area contributed by atoms with Gasteiger partial charge in [0.1, 0.15) is 5.75 Å². The van der Waals surface area contributed by atoms with Crippen molar-refractivity contribution in [3.63, 3.8) is 0 Å². The van der Waals surface area contributed by atoms with Crippen LogP contribution in [0, 0.1) is 0 Å². The molecule has 152 valence electrons. The van der Waals surface area contributed by atoms with Gasteiger partial charge in [0.25, 0.3) is 0 Å². The Morgan fingerprint density at radius 3 is 1.97 bits per heavy atom. The van der Waals surface area contributed by atoms with E-state index in [1.807, 2.05) is 31.2 Å². The van der Waals surface area contributed by atoms with Gasteiger partial charge in [0.05, 0.1) is 13.7 Å². The Balaban J connectivity index is 1.94. The van der Waals surface area contributed by atoms with Crippen LogP contribution in [0.2, 0.25) is 0 Å². The molecular formula is C27H26O3. The molecule has 0 saturated heterocycles. The maximum Gasteiger partial charge on any atom is 0.333 e. The fourth-order valence-electron chi connectivity index (χ4n) is 4.56. The third-order valence-electron chi connectivity index (χ3n) is 5.93. The summed E-state index contributed by atoms with van der Waals surface area (Å²) in [5.74, 6) is 0.651. The fourth-order valence-corrected chi connectivity index (χ4v) is 4.56. The van der Waals surface area contributed by atoms with Gasteiger partial charge in [-0.05, 0) is 42.2 Å². The smallest absolute Gasteiger partial charge is 0.333 e. The topological polar surface area (TPSA) is 35.5 Å². The van der Waals surface area contributed by atoms with Gasteiger partial charge < -0.3 is 9.47 Å². The van der Waals surface area contributed by atoms with E-state index in [9.17, 15) is 4.79 Å². The molecule has 0 amide bonds. The molecule has 3 aromatic carbocycles. The first kappa shape index (κ1) is 20.0. The number of hydrogen-bond donors (Lipinski definition) is 0. The van der Waals surface area contributed by atoms with Gasteiger partial charge in [-0.25, -0.2) is 4.79 Å². The van der Waals surface area contributed by atoms with Crippen LogP contribution in [0.5, 0.6) is 5.75 Å². The third-order valence-corrected chi connectivity index (χ3v) is 5.93. The van der Waals surface area contributed by atoms with E-state index in [4.69, 9.17) is 9.47 Å². The lowest BCUT2D eigenvalue weighted by Crippen LogP contribution is -2.30. The van der Waals surface area contributed by atoms with Crippen LogP contribution in [0.15, 0.2) is 96.6 Å². The van der Waals surface area contributed by atoms with Gasteiger partial charge in [-0.15, -0.1) is 0 Å². The molecule has 0 saturated carbocycles. The quantitative estimate of drug-likeness (QED) is 0.503. The molecule has 0 unspecified atom stereocenters. The lowest BCUT2D eigenvalue weighted by atomic mass is 9.65. The molecular weight excluding hydrogens is 372 g/mol. The zero-order valence-corrected chi connectivity index (χ0v) is 17.4. The average Bonchev–Trinajstić information content (AvgIpc) is 3.22. The second kappa shape index (κ2) is 8.58. The summed E-state index contributed by atoms with van der Waals surface area (Å²) in [7, 11) is 1.67. The van der Waals surface area contributed by atoms with Crippen LogP contribution in [-0.4, -0.2) is 19.7 Å². The normalized spacial score (nSPS) is 17.3. The number of esters is 1. The Morgan fingerprint density at radius 2 is 1.47 bits per heavy atom. The standard InChI is InChI=1S/C27H26O3/c1-3-30-26(28)21-18-25(20-14-16-24(29-2)17-15-20)27(19-21,22-10-6-4-7-11-22)23-12-8-5-9-13-23/h4-17,19,25H,3,18H2,1-2H3/t25-/m1/s1. The van der Waals surface area contributed by atoms with Gasteiger partial charge in [0.2, 0.25) is 0 Å². The molecule has 0 bridgehead atoms. The first-order chi connectivity index (χ1) is 14.7. The molecule has 0 aliphatic heterocycles. The summed E-state index contributed by atoms with van der Waals surface area (Å²) in [6.07, 6.45) is 2.75. The molecule has 1 aliphatic carbocycles. The molecule has 4 rings (SSSR count). The first-order valence-electron chi connectivity index (χ1n) is 10.3. The van der Waals surface area contributed by atoms with E-state index in [1.54, 1.807) is 7.11 Å². The van der Waals surface area contributed by atoms with Gasteiger partial charge in [-0.1, -0.05) is 78.9 Å². The zero-order chi connectivity index (χ0) is 21.0. The lowest BCUT2D eigenvalue weighted by molar-refractivity contribution is -0.138. The van der Waals surface area contributed by atoms with Gasteiger partial charge >= 0.3 is 5.97 Å². The number of allylic oxidation sites excluding steroid dienone is 1. The average molecular weight is 399 g/mol. The Kier molecular flexibility index (Phi) is 5.71. The summed E-state index contributed by atoms with van der Waals surface area (Å²) in [5, 5.41) is 0. The van der Waals surface area contributed by atoms with Crippen LogP contribution in [0.1, 0.15) is 36.0 Å². The van der Waals surface area contributed by atoms with Crippen molar-refractivity contribution in [3.8, 4) is 5.75 Å². The minimum absolute atomic E-state index is 0.0626. The molecule has 30 heavy (non-hydrogen) atoms. The van der Waals surface area contributed by atoms with Crippen LogP contribution in [0.25, 0.3) is 0 Å². The monoisotopic (exact) mass is 398 g/mol. The number of benzene rings is 3. The number of hydrogen-bond acceptors (Lipinski definition) is 3. The van der Waals surface area contributed by atoms with Crippen molar-refractivity contribution in [1.82, 2.24) is 0 Å². The molecule has 0 fully saturated rings. The number of carbonyl (C=O) groups is 1. The highest BCUT2D eigenvalue weighted by molar-refractivity contribution is 5.90. The minimum atomic E-state index is -0.459. The maximum absolute atomic E-state index is 12.8. The predicted octanol–water partition coefficient (Wildman–Crippen LogP) is 5.66. The Labute approximate surface area is 178 Å². The minimum Gasteiger partial charge on any atom is -0.497 e. The molecule has 3 aromatic rings. The molecule has 0 aromatic heterocycles. The zero-order valence-electron chi connectivity index (χ0n) is 17.4. The van der Waals surface area contributed by atoms with Crippen molar-refractivity contribution in [2.24, 2.45) is 0 Å². The van der Waals surface area contributed by atoms with Crippen molar-refractivity contribution in [1.29, 1.82) is 0 Å². The van der Waals surface area contributed by atoms with Crippen LogP contribution >= 0.6 is 0 Å². The highest BCUT2D eigenvalue weighted by atomic mass is 16.5. The van der Waals surface area contributed by atoms with Crippen LogP contribution in [-0.2, 0) is 14.9 Å². The number of rotatable bonds is 6. The molecule has 1 aliphatic rings. The Morgan fingerprint density at radius 1 is 0.900 bits per heavy atom. The molecule has 1 atom stereocenters. The molecule has 3 nitrogen and oxygen atoms in total. The predicted molar refractivity (Wildman–Crippen MR) is 119 cm³/mol. The summed E-state index contributed by atoms with van der Waals surface area (Å²) in [4.78, 5) is 12.8. The molecule has 0 radical (unpaired) electrons.